The fraction of sp³-hybridized carbons (Fsp3) is 0.357. The highest BCUT2D eigenvalue weighted by Crippen LogP contribution is 2.21. The van der Waals surface area contributed by atoms with E-state index in [0.717, 1.165) is 6.42 Å². The molecule has 2 aliphatic rings. The molecular formula is C14H16. The first kappa shape index (κ1) is 9.30. The number of allylic oxidation sites excluding steroid dienone is 7. The molecule has 0 heterocycles. The number of rotatable bonds is 3. The van der Waals surface area contributed by atoms with Gasteiger partial charge in [-0.3, -0.25) is 0 Å². The number of hydrogen-bond acceptors (Lipinski definition) is 0. The Kier molecular flexibility index (Phi) is 3.21. The van der Waals surface area contributed by atoms with E-state index in [2.05, 4.69) is 36.1 Å². The molecule has 0 atom stereocenters. The minimum Gasteiger partial charge on any atom is -0.125 e. The Bertz CT molecular complexity index is 342. The van der Waals surface area contributed by atoms with Gasteiger partial charge in [0.05, 0.1) is 0 Å². The SMILES string of the molecule is C1=CC=C(CCC2=CC=CCC2)CC=1. The predicted molar refractivity (Wildman–Crippen MR) is 61.0 cm³/mol. The Balaban J connectivity index is 1.82. The molecule has 0 aromatic heterocycles. The molecule has 0 nitrogen and oxygen atoms in total. The average molecular weight is 184 g/mol. The van der Waals surface area contributed by atoms with Gasteiger partial charge >= 0.3 is 0 Å². The highest BCUT2D eigenvalue weighted by molar-refractivity contribution is 5.23. The summed E-state index contributed by atoms with van der Waals surface area (Å²) in [5, 5.41) is 0. The van der Waals surface area contributed by atoms with E-state index in [1.165, 1.54) is 25.7 Å². The van der Waals surface area contributed by atoms with Gasteiger partial charge in [0.15, 0.2) is 0 Å². The molecule has 0 heteroatoms. The summed E-state index contributed by atoms with van der Waals surface area (Å²) in [6.07, 6.45) is 19.1. The molecule has 0 saturated heterocycles. The second kappa shape index (κ2) is 4.83. The largest absolute Gasteiger partial charge is 0.125 e. The van der Waals surface area contributed by atoms with Crippen LogP contribution in [0.1, 0.15) is 32.1 Å². The minimum absolute atomic E-state index is 1.10. The molecule has 2 rings (SSSR count). The molecule has 2 aliphatic carbocycles. The normalized spacial score (nSPS) is 19.4. The van der Waals surface area contributed by atoms with Crippen molar-refractivity contribution < 1.29 is 0 Å². The molecule has 14 heavy (non-hydrogen) atoms. The molecule has 0 radical (unpaired) electrons. The summed E-state index contributed by atoms with van der Waals surface area (Å²) in [7, 11) is 0. The lowest BCUT2D eigenvalue weighted by Gasteiger charge is -2.10. The summed E-state index contributed by atoms with van der Waals surface area (Å²) in [4.78, 5) is 0. The van der Waals surface area contributed by atoms with E-state index >= 15 is 0 Å². The first-order valence-corrected chi connectivity index (χ1v) is 5.39. The third kappa shape index (κ3) is 2.61. The summed E-state index contributed by atoms with van der Waals surface area (Å²) >= 11 is 0. The van der Waals surface area contributed by atoms with E-state index < -0.39 is 0 Å². The van der Waals surface area contributed by atoms with Gasteiger partial charge in [-0.15, -0.1) is 5.73 Å². The summed E-state index contributed by atoms with van der Waals surface area (Å²) in [6, 6.07) is 0. The van der Waals surface area contributed by atoms with Gasteiger partial charge < -0.3 is 0 Å². The van der Waals surface area contributed by atoms with E-state index in [1.807, 2.05) is 6.08 Å². The van der Waals surface area contributed by atoms with E-state index in [9.17, 15) is 0 Å². The van der Waals surface area contributed by atoms with Crippen LogP contribution in [0.5, 0.6) is 0 Å². The van der Waals surface area contributed by atoms with Gasteiger partial charge in [-0.05, 0) is 44.3 Å². The Morgan fingerprint density at radius 2 is 2.07 bits per heavy atom. The molecule has 0 amide bonds. The summed E-state index contributed by atoms with van der Waals surface area (Å²) in [6.45, 7) is 0. The zero-order valence-corrected chi connectivity index (χ0v) is 8.50. The molecule has 0 aromatic rings. The van der Waals surface area contributed by atoms with Gasteiger partial charge in [0.1, 0.15) is 0 Å². The molecule has 0 bridgehead atoms. The second-order valence-electron chi connectivity index (χ2n) is 3.86. The highest BCUT2D eigenvalue weighted by atomic mass is 14.1. The molecule has 0 fully saturated rings. The Morgan fingerprint density at radius 3 is 2.79 bits per heavy atom. The standard InChI is InChI=1S/C14H16/c1-3-7-13(8-4-1)11-12-14-9-5-2-6-10-14/h1,3,5-7,9H,4,8,10-12H2. The molecular weight excluding hydrogens is 168 g/mol. The van der Waals surface area contributed by atoms with Crippen LogP contribution in [0.2, 0.25) is 0 Å². The number of hydrogen-bond donors (Lipinski definition) is 0. The minimum atomic E-state index is 1.10. The van der Waals surface area contributed by atoms with Gasteiger partial charge in [-0.25, -0.2) is 0 Å². The van der Waals surface area contributed by atoms with Crippen LogP contribution in [0.3, 0.4) is 0 Å². The van der Waals surface area contributed by atoms with E-state index in [4.69, 9.17) is 0 Å². The smallest absolute Gasteiger partial charge is 0.00591 e. The van der Waals surface area contributed by atoms with Crippen LogP contribution in [0.25, 0.3) is 0 Å². The monoisotopic (exact) mass is 184 g/mol. The lowest BCUT2D eigenvalue weighted by molar-refractivity contribution is 0.821. The Morgan fingerprint density at radius 1 is 1.14 bits per heavy atom. The molecule has 72 valence electrons. The Hall–Kier alpha value is -1.26. The quantitative estimate of drug-likeness (QED) is 0.580. The first-order chi connectivity index (χ1) is 6.95. The molecule has 0 N–H and O–H groups in total. The second-order valence-corrected chi connectivity index (χ2v) is 3.86. The van der Waals surface area contributed by atoms with Crippen LogP contribution >= 0.6 is 0 Å². The van der Waals surface area contributed by atoms with Gasteiger partial charge in [0, 0.05) is 0 Å². The lowest BCUT2D eigenvalue weighted by Crippen LogP contribution is -1.90. The van der Waals surface area contributed by atoms with Crippen LogP contribution in [-0.4, -0.2) is 0 Å². The van der Waals surface area contributed by atoms with Crippen molar-refractivity contribution in [2.24, 2.45) is 0 Å². The lowest BCUT2D eigenvalue weighted by atomic mass is 9.96. The van der Waals surface area contributed by atoms with E-state index in [0.29, 0.717) is 0 Å². The average Bonchev–Trinajstić information content (AvgIpc) is 2.29. The third-order valence-electron chi connectivity index (χ3n) is 2.76. The van der Waals surface area contributed by atoms with Gasteiger partial charge in [0.25, 0.3) is 0 Å². The van der Waals surface area contributed by atoms with Crippen LogP contribution < -0.4 is 0 Å². The summed E-state index contributed by atoms with van der Waals surface area (Å²) in [5.74, 6) is 0. The zero-order valence-electron chi connectivity index (χ0n) is 8.50. The highest BCUT2D eigenvalue weighted by Gasteiger charge is 2.02. The van der Waals surface area contributed by atoms with Gasteiger partial charge in [0.2, 0.25) is 0 Å². The Labute approximate surface area is 86.0 Å². The van der Waals surface area contributed by atoms with Crippen molar-refractivity contribution in [2.45, 2.75) is 32.1 Å². The molecule has 0 unspecified atom stereocenters. The van der Waals surface area contributed by atoms with Crippen molar-refractivity contribution in [1.29, 1.82) is 0 Å². The maximum atomic E-state index is 3.10. The molecule has 0 aliphatic heterocycles. The zero-order chi connectivity index (χ0) is 9.64. The predicted octanol–water partition coefficient (Wildman–Crippen LogP) is 4.08. The molecule has 0 spiro atoms. The van der Waals surface area contributed by atoms with E-state index in [-0.39, 0.29) is 0 Å². The van der Waals surface area contributed by atoms with Crippen molar-refractivity contribution in [1.82, 2.24) is 0 Å². The van der Waals surface area contributed by atoms with Gasteiger partial charge in [-0.1, -0.05) is 35.5 Å². The maximum Gasteiger partial charge on any atom is -0.00591 e. The summed E-state index contributed by atoms with van der Waals surface area (Å²) in [5.41, 5.74) is 6.25. The van der Waals surface area contributed by atoms with Crippen molar-refractivity contribution in [3.8, 4) is 0 Å². The molecule has 0 aromatic carbocycles. The summed E-state index contributed by atoms with van der Waals surface area (Å²) < 4.78 is 0. The first-order valence-electron chi connectivity index (χ1n) is 5.39. The van der Waals surface area contributed by atoms with Crippen molar-refractivity contribution >= 4 is 0 Å². The van der Waals surface area contributed by atoms with Crippen LogP contribution in [0.4, 0.5) is 0 Å². The van der Waals surface area contributed by atoms with Crippen LogP contribution in [0, 0.1) is 0 Å². The van der Waals surface area contributed by atoms with Crippen molar-refractivity contribution in [2.75, 3.05) is 0 Å². The fourth-order valence-electron chi connectivity index (χ4n) is 1.86. The topological polar surface area (TPSA) is 0 Å². The van der Waals surface area contributed by atoms with E-state index in [1.54, 1.807) is 11.1 Å². The fourth-order valence-corrected chi connectivity index (χ4v) is 1.86. The van der Waals surface area contributed by atoms with Crippen molar-refractivity contribution in [3.63, 3.8) is 0 Å². The van der Waals surface area contributed by atoms with Crippen molar-refractivity contribution in [3.05, 3.63) is 53.3 Å². The van der Waals surface area contributed by atoms with Crippen LogP contribution in [-0.2, 0) is 0 Å². The maximum absolute atomic E-state index is 3.10. The molecule has 0 saturated carbocycles. The third-order valence-corrected chi connectivity index (χ3v) is 2.76. The van der Waals surface area contributed by atoms with Crippen LogP contribution in [0.15, 0.2) is 53.3 Å². The van der Waals surface area contributed by atoms with Gasteiger partial charge in [-0.2, -0.15) is 0 Å².